The largest absolute Gasteiger partial charge is 0.475 e. The monoisotopic (exact) mass is 257 g/mol. The van der Waals surface area contributed by atoms with Gasteiger partial charge in [0.1, 0.15) is 0 Å². The van der Waals surface area contributed by atoms with Gasteiger partial charge in [0.2, 0.25) is 11.7 Å². The summed E-state index contributed by atoms with van der Waals surface area (Å²) in [5.41, 5.74) is 4.07. The van der Waals surface area contributed by atoms with E-state index in [2.05, 4.69) is 17.1 Å². The quantitative estimate of drug-likeness (QED) is 0.917. The lowest BCUT2D eigenvalue weighted by molar-refractivity contribution is 0.0662. The molecule has 19 heavy (non-hydrogen) atoms. The predicted octanol–water partition coefficient (Wildman–Crippen LogP) is 3.09. The molecule has 98 valence electrons. The standard InChI is InChI=1S/C15H15NO3/c1-2-12-13(15(17)18)19-14(16-12)11-7-6-9-4-3-5-10(9)8-11/h6-8H,2-5H2,1H3,(H,17,18). The van der Waals surface area contributed by atoms with Gasteiger partial charge in [-0.05, 0) is 48.9 Å². The van der Waals surface area contributed by atoms with Gasteiger partial charge in [-0.25, -0.2) is 9.78 Å². The third-order valence-electron chi connectivity index (χ3n) is 3.57. The number of carboxylic acid groups (broad SMARTS) is 1. The molecule has 0 saturated heterocycles. The summed E-state index contributed by atoms with van der Waals surface area (Å²) in [6.07, 6.45) is 3.94. The summed E-state index contributed by atoms with van der Waals surface area (Å²) in [5.74, 6) is -0.696. The second-order valence-electron chi connectivity index (χ2n) is 4.79. The molecule has 2 aromatic rings. The van der Waals surface area contributed by atoms with E-state index < -0.39 is 5.97 Å². The van der Waals surface area contributed by atoms with E-state index >= 15 is 0 Å². The zero-order valence-corrected chi connectivity index (χ0v) is 10.8. The number of aromatic carboxylic acids is 1. The predicted molar refractivity (Wildman–Crippen MR) is 70.3 cm³/mol. The molecular formula is C15H15NO3. The van der Waals surface area contributed by atoms with Crippen molar-refractivity contribution in [2.45, 2.75) is 32.6 Å². The third-order valence-corrected chi connectivity index (χ3v) is 3.57. The summed E-state index contributed by atoms with van der Waals surface area (Å²) in [4.78, 5) is 15.4. The minimum Gasteiger partial charge on any atom is -0.475 e. The summed E-state index contributed by atoms with van der Waals surface area (Å²) in [7, 11) is 0. The van der Waals surface area contributed by atoms with E-state index in [9.17, 15) is 4.79 Å². The van der Waals surface area contributed by atoms with Crippen molar-refractivity contribution in [3.05, 3.63) is 40.8 Å². The summed E-state index contributed by atoms with van der Waals surface area (Å²) in [6, 6.07) is 6.12. The molecule has 0 radical (unpaired) electrons. The number of hydrogen-bond acceptors (Lipinski definition) is 3. The Morgan fingerprint density at radius 3 is 2.84 bits per heavy atom. The van der Waals surface area contributed by atoms with Crippen molar-refractivity contribution in [2.75, 3.05) is 0 Å². The van der Waals surface area contributed by atoms with Gasteiger partial charge in [0.05, 0.1) is 5.69 Å². The number of carboxylic acids is 1. The highest BCUT2D eigenvalue weighted by Gasteiger charge is 2.20. The fraction of sp³-hybridized carbons (Fsp3) is 0.333. The zero-order valence-electron chi connectivity index (χ0n) is 10.8. The van der Waals surface area contributed by atoms with Gasteiger partial charge in [0, 0.05) is 5.56 Å². The average Bonchev–Trinajstić information content (AvgIpc) is 3.04. The number of hydrogen-bond donors (Lipinski definition) is 1. The van der Waals surface area contributed by atoms with Crippen molar-refractivity contribution in [3.8, 4) is 11.5 Å². The number of benzene rings is 1. The van der Waals surface area contributed by atoms with Crippen LogP contribution in [0.2, 0.25) is 0 Å². The number of aromatic nitrogens is 1. The topological polar surface area (TPSA) is 63.3 Å². The van der Waals surface area contributed by atoms with Gasteiger partial charge >= 0.3 is 5.97 Å². The molecule has 1 aromatic heterocycles. The second kappa shape index (κ2) is 4.53. The van der Waals surface area contributed by atoms with Crippen LogP contribution in [0.25, 0.3) is 11.5 Å². The summed E-state index contributed by atoms with van der Waals surface area (Å²) in [6.45, 7) is 1.87. The Morgan fingerprint density at radius 1 is 1.37 bits per heavy atom. The first-order valence-corrected chi connectivity index (χ1v) is 6.54. The molecule has 1 heterocycles. The molecule has 1 aliphatic carbocycles. The Hall–Kier alpha value is -2.10. The van der Waals surface area contributed by atoms with Gasteiger partial charge in [-0.2, -0.15) is 0 Å². The lowest BCUT2D eigenvalue weighted by Crippen LogP contribution is -1.98. The molecule has 1 N–H and O–H groups in total. The van der Waals surface area contributed by atoms with Crippen LogP contribution in [0.3, 0.4) is 0 Å². The molecule has 3 rings (SSSR count). The zero-order chi connectivity index (χ0) is 13.4. The van der Waals surface area contributed by atoms with E-state index in [1.807, 2.05) is 13.0 Å². The van der Waals surface area contributed by atoms with E-state index in [1.165, 1.54) is 17.5 Å². The Bertz CT molecular complexity index is 643. The summed E-state index contributed by atoms with van der Waals surface area (Å²) in [5, 5.41) is 9.08. The molecule has 0 unspecified atom stereocenters. The third kappa shape index (κ3) is 2.03. The minimum absolute atomic E-state index is 0.0435. The highest BCUT2D eigenvalue weighted by atomic mass is 16.4. The van der Waals surface area contributed by atoms with Gasteiger partial charge in [-0.1, -0.05) is 13.0 Å². The van der Waals surface area contributed by atoms with Crippen molar-refractivity contribution in [2.24, 2.45) is 0 Å². The van der Waals surface area contributed by atoms with Crippen molar-refractivity contribution < 1.29 is 14.3 Å². The fourth-order valence-corrected chi connectivity index (χ4v) is 2.59. The molecule has 0 aliphatic heterocycles. The Morgan fingerprint density at radius 2 is 2.16 bits per heavy atom. The number of fused-ring (bicyclic) bond motifs is 1. The molecule has 0 spiro atoms. The summed E-state index contributed by atoms with van der Waals surface area (Å²) < 4.78 is 5.40. The van der Waals surface area contributed by atoms with Crippen molar-refractivity contribution >= 4 is 5.97 Å². The Kier molecular flexibility index (Phi) is 2.85. The van der Waals surface area contributed by atoms with Crippen molar-refractivity contribution in [1.29, 1.82) is 0 Å². The molecule has 4 heteroatoms. The van der Waals surface area contributed by atoms with Crippen LogP contribution >= 0.6 is 0 Å². The molecule has 0 atom stereocenters. The number of rotatable bonds is 3. The Balaban J connectivity index is 2.04. The first-order chi connectivity index (χ1) is 9.19. The maximum Gasteiger partial charge on any atom is 0.373 e. The van der Waals surface area contributed by atoms with Crippen LogP contribution in [-0.2, 0) is 19.3 Å². The molecular weight excluding hydrogens is 242 g/mol. The van der Waals surface area contributed by atoms with Gasteiger partial charge in [-0.15, -0.1) is 0 Å². The minimum atomic E-state index is -1.06. The first kappa shape index (κ1) is 12.0. The van der Waals surface area contributed by atoms with Crippen molar-refractivity contribution in [3.63, 3.8) is 0 Å². The van der Waals surface area contributed by atoms with Gasteiger partial charge in [0.15, 0.2) is 0 Å². The van der Waals surface area contributed by atoms with E-state index in [0.29, 0.717) is 18.0 Å². The number of nitrogens with zero attached hydrogens (tertiary/aromatic N) is 1. The molecule has 0 bridgehead atoms. The number of aryl methyl sites for hydroxylation is 3. The normalized spacial score (nSPS) is 13.5. The average molecular weight is 257 g/mol. The molecule has 0 fully saturated rings. The second-order valence-corrected chi connectivity index (χ2v) is 4.79. The van der Waals surface area contributed by atoms with E-state index in [4.69, 9.17) is 9.52 Å². The van der Waals surface area contributed by atoms with E-state index in [1.54, 1.807) is 0 Å². The van der Waals surface area contributed by atoms with E-state index in [0.717, 1.165) is 18.4 Å². The molecule has 0 saturated carbocycles. The molecule has 1 aliphatic rings. The first-order valence-electron chi connectivity index (χ1n) is 6.54. The lowest BCUT2D eigenvalue weighted by Gasteiger charge is -2.01. The van der Waals surface area contributed by atoms with E-state index in [-0.39, 0.29) is 5.76 Å². The van der Waals surface area contributed by atoms with Crippen molar-refractivity contribution in [1.82, 2.24) is 4.98 Å². The maximum absolute atomic E-state index is 11.1. The Labute approximate surface area is 111 Å². The van der Waals surface area contributed by atoms with Crippen LogP contribution in [0.1, 0.15) is 40.7 Å². The highest BCUT2D eigenvalue weighted by molar-refractivity contribution is 5.86. The molecule has 0 amide bonds. The fourth-order valence-electron chi connectivity index (χ4n) is 2.59. The lowest BCUT2D eigenvalue weighted by atomic mass is 10.1. The van der Waals surface area contributed by atoms with Crippen LogP contribution in [0.4, 0.5) is 0 Å². The van der Waals surface area contributed by atoms with Crippen LogP contribution in [-0.4, -0.2) is 16.1 Å². The highest BCUT2D eigenvalue weighted by Crippen LogP contribution is 2.29. The smallest absolute Gasteiger partial charge is 0.373 e. The summed E-state index contributed by atoms with van der Waals surface area (Å²) >= 11 is 0. The number of oxazole rings is 1. The maximum atomic E-state index is 11.1. The molecule has 4 nitrogen and oxygen atoms in total. The van der Waals surface area contributed by atoms with Crippen LogP contribution in [0.5, 0.6) is 0 Å². The van der Waals surface area contributed by atoms with Gasteiger partial charge < -0.3 is 9.52 Å². The van der Waals surface area contributed by atoms with Crippen LogP contribution in [0.15, 0.2) is 22.6 Å². The SMILES string of the molecule is CCc1nc(-c2ccc3c(c2)CCC3)oc1C(=O)O. The van der Waals surface area contributed by atoms with Gasteiger partial charge in [-0.3, -0.25) is 0 Å². The van der Waals surface area contributed by atoms with Crippen LogP contribution < -0.4 is 0 Å². The van der Waals surface area contributed by atoms with Crippen LogP contribution in [0, 0.1) is 0 Å². The molecule has 1 aromatic carbocycles. The van der Waals surface area contributed by atoms with Gasteiger partial charge in [0.25, 0.3) is 0 Å². The number of carbonyl (C=O) groups is 1.